The second-order valence-corrected chi connectivity index (χ2v) is 6.38. The van der Waals surface area contributed by atoms with E-state index in [-0.39, 0.29) is 12.1 Å². The standard InChI is InChI=1S/C18H17ClN4/c1-12-3-2-4-14(9-12)17-10-16(13-5-7-15(19)8-6-13)22-18-20-11-21-23(17)18/h2-9,11,16-17H,10H2,1H3,(H,20,21,22)/t16-,17+/m0/s1. The Morgan fingerprint density at radius 3 is 2.74 bits per heavy atom. The number of rotatable bonds is 2. The fraction of sp³-hybridized carbons (Fsp3) is 0.222. The Balaban J connectivity index is 1.73. The zero-order valence-corrected chi connectivity index (χ0v) is 13.5. The molecule has 0 radical (unpaired) electrons. The van der Waals surface area contributed by atoms with E-state index in [1.165, 1.54) is 16.7 Å². The molecule has 1 aliphatic rings. The molecule has 0 fully saturated rings. The molecule has 1 N–H and O–H groups in total. The van der Waals surface area contributed by atoms with Gasteiger partial charge < -0.3 is 5.32 Å². The lowest BCUT2D eigenvalue weighted by Gasteiger charge is -2.32. The van der Waals surface area contributed by atoms with Crippen LogP contribution in [0.5, 0.6) is 0 Å². The van der Waals surface area contributed by atoms with Crippen LogP contribution in [-0.2, 0) is 0 Å². The van der Waals surface area contributed by atoms with Gasteiger partial charge in [-0.3, -0.25) is 0 Å². The highest BCUT2D eigenvalue weighted by molar-refractivity contribution is 6.30. The van der Waals surface area contributed by atoms with Crippen LogP contribution in [0.1, 0.15) is 35.2 Å². The number of hydrogen-bond donors (Lipinski definition) is 1. The van der Waals surface area contributed by atoms with Crippen molar-refractivity contribution in [1.82, 2.24) is 14.8 Å². The van der Waals surface area contributed by atoms with Gasteiger partial charge in [-0.1, -0.05) is 53.6 Å². The minimum absolute atomic E-state index is 0.175. The highest BCUT2D eigenvalue weighted by Gasteiger charge is 2.29. The summed E-state index contributed by atoms with van der Waals surface area (Å²) in [7, 11) is 0. The smallest absolute Gasteiger partial charge is 0.222 e. The molecule has 2 heterocycles. The number of aryl methyl sites for hydroxylation is 1. The van der Waals surface area contributed by atoms with E-state index in [1.807, 2.05) is 16.8 Å². The molecule has 3 aromatic rings. The summed E-state index contributed by atoms with van der Waals surface area (Å²) >= 11 is 6.01. The van der Waals surface area contributed by atoms with Crippen molar-refractivity contribution in [1.29, 1.82) is 0 Å². The third-order valence-electron chi connectivity index (χ3n) is 4.33. The van der Waals surface area contributed by atoms with Crippen molar-refractivity contribution < 1.29 is 0 Å². The van der Waals surface area contributed by atoms with Crippen LogP contribution >= 0.6 is 11.6 Å². The Bertz CT molecular complexity index is 825. The molecule has 116 valence electrons. The Kier molecular flexibility index (Phi) is 3.54. The van der Waals surface area contributed by atoms with Crippen LogP contribution in [0.2, 0.25) is 5.02 Å². The van der Waals surface area contributed by atoms with Crippen LogP contribution in [-0.4, -0.2) is 14.8 Å². The molecule has 2 aromatic carbocycles. The largest absolute Gasteiger partial charge is 0.348 e. The number of fused-ring (bicyclic) bond motifs is 1. The van der Waals surface area contributed by atoms with Crippen LogP contribution in [0, 0.1) is 6.92 Å². The number of nitrogens with one attached hydrogen (secondary N) is 1. The molecule has 4 nitrogen and oxygen atoms in total. The average molecular weight is 325 g/mol. The van der Waals surface area contributed by atoms with Crippen molar-refractivity contribution in [2.24, 2.45) is 0 Å². The lowest BCUT2D eigenvalue weighted by atomic mass is 9.93. The zero-order chi connectivity index (χ0) is 15.8. The highest BCUT2D eigenvalue weighted by Crippen LogP contribution is 2.37. The molecule has 4 rings (SSSR count). The van der Waals surface area contributed by atoms with E-state index in [4.69, 9.17) is 11.6 Å². The van der Waals surface area contributed by atoms with E-state index in [0.717, 1.165) is 17.4 Å². The van der Waals surface area contributed by atoms with Crippen molar-refractivity contribution in [3.05, 3.63) is 76.6 Å². The van der Waals surface area contributed by atoms with Crippen molar-refractivity contribution in [3.8, 4) is 0 Å². The predicted molar refractivity (Wildman–Crippen MR) is 91.8 cm³/mol. The summed E-state index contributed by atoms with van der Waals surface area (Å²) in [4.78, 5) is 4.36. The minimum Gasteiger partial charge on any atom is -0.348 e. The van der Waals surface area contributed by atoms with Gasteiger partial charge in [-0.2, -0.15) is 10.1 Å². The van der Waals surface area contributed by atoms with Gasteiger partial charge in [-0.25, -0.2) is 4.68 Å². The molecule has 0 bridgehead atoms. The Hall–Kier alpha value is -2.33. The summed E-state index contributed by atoms with van der Waals surface area (Å²) in [5.74, 6) is 0.808. The van der Waals surface area contributed by atoms with E-state index < -0.39 is 0 Å². The van der Waals surface area contributed by atoms with Gasteiger partial charge in [0.25, 0.3) is 0 Å². The topological polar surface area (TPSA) is 42.7 Å². The lowest BCUT2D eigenvalue weighted by Crippen LogP contribution is -2.28. The van der Waals surface area contributed by atoms with Crippen LogP contribution in [0.25, 0.3) is 0 Å². The zero-order valence-electron chi connectivity index (χ0n) is 12.8. The van der Waals surface area contributed by atoms with Crippen LogP contribution < -0.4 is 5.32 Å². The third-order valence-corrected chi connectivity index (χ3v) is 4.58. The summed E-state index contributed by atoms with van der Waals surface area (Å²) < 4.78 is 1.97. The molecule has 0 spiro atoms. The summed E-state index contributed by atoms with van der Waals surface area (Å²) in [5.41, 5.74) is 3.73. The van der Waals surface area contributed by atoms with Crippen molar-refractivity contribution in [2.45, 2.75) is 25.4 Å². The summed E-state index contributed by atoms with van der Waals surface area (Å²) in [5, 5.41) is 8.63. The van der Waals surface area contributed by atoms with E-state index in [1.54, 1.807) is 6.33 Å². The number of hydrogen-bond acceptors (Lipinski definition) is 3. The maximum atomic E-state index is 6.01. The molecule has 0 saturated carbocycles. The van der Waals surface area contributed by atoms with Crippen LogP contribution in [0.15, 0.2) is 54.9 Å². The SMILES string of the molecule is Cc1cccc([C@H]2C[C@@H](c3ccc(Cl)cc3)Nc3ncnn32)c1. The number of nitrogens with zero attached hydrogens (tertiary/aromatic N) is 3. The Morgan fingerprint density at radius 1 is 1.13 bits per heavy atom. The maximum Gasteiger partial charge on any atom is 0.222 e. The summed E-state index contributed by atoms with van der Waals surface area (Å²) in [6.45, 7) is 2.11. The van der Waals surface area contributed by atoms with E-state index in [2.05, 4.69) is 58.7 Å². The summed E-state index contributed by atoms with van der Waals surface area (Å²) in [6, 6.07) is 17.0. The lowest BCUT2D eigenvalue weighted by molar-refractivity contribution is 0.430. The van der Waals surface area contributed by atoms with Crippen molar-refractivity contribution >= 4 is 17.5 Å². The van der Waals surface area contributed by atoms with E-state index in [9.17, 15) is 0 Å². The molecule has 1 aliphatic heterocycles. The number of benzene rings is 2. The molecular weight excluding hydrogens is 308 g/mol. The quantitative estimate of drug-likeness (QED) is 0.760. The second-order valence-electron chi connectivity index (χ2n) is 5.94. The molecule has 5 heteroatoms. The van der Waals surface area contributed by atoms with Gasteiger partial charge in [-0.15, -0.1) is 0 Å². The Morgan fingerprint density at radius 2 is 1.96 bits per heavy atom. The van der Waals surface area contributed by atoms with Crippen LogP contribution in [0.4, 0.5) is 5.95 Å². The van der Waals surface area contributed by atoms with Gasteiger partial charge in [0.05, 0.1) is 12.1 Å². The molecule has 0 unspecified atom stereocenters. The molecule has 0 aliphatic carbocycles. The van der Waals surface area contributed by atoms with Gasteiger partial charge >= 0.3 is 0 Å². The monoisotopic (exact) mass is 324 g/mol. The van der Waals surface area contributed by atoms with Gasteiger partial charge in [0, 0.05) is 5.02 Å². The average Bonchev–Trinajstić information content (AvgIpc) is 3.03. The molecule has 23 heavy (non-hydrogen) atoms. The Labute approximate surface area is 140 Å². The molecular formula is C18H17ClN4. The number of anilines is 1. The molecule has 1 aromatic heterocycles. The predicted octanol–water partition coefficient (Wildman–Crippen LogP) is 4.39. The van der Waals surface area contributed by atoms with Gasteiger partial charge in [-0.05, 0) is 36.6 Å². The number of aromatic nitrogens is 3. The van der Waals surface area contributed by atoms with Gasteiger partial charge in [0.1, 0.15) is 6.33 Å². The van der Waals surface area contributed by atoms with Crippen molar-refractivity contribution in [3.63, 3.8) is 0 Å². The van der Waals surface area contributed by atoms with E-state index >= 15 is 0 Å². The van der Waals surface area contributed by atoms with E-state index in [0.29, 0.717) is 0 Å². The fourth-order valence-electron chi connectivity index (χ4n) is 3.19. The minimum atomic E-state index is 0.175. The maximum absolute atomic E-state index is 6.01. The third kappa shape index (κ3) is 2.70. The summed E-state index contributed by atoms with van der Waals surface area (Å²) in [6.07, 6.45) is 2.52. The molecule has 0 amide bonds. The second kappa shape index (κ2) is 5.70. The number of halogens is 1. The highest BCUT2D eigenvalue weighted by atomic mass is 35.5. The van der Waals surface area contributed by atoms with Gasteiger partial charge in [0.2, 0.25) is 5.95 Å². The normalized spacial score (nSPS) is 19.9. The first-order valence-electron chi connectivity index (χ1n) is 7.69. The molecule has 0 saturated heterocycles. The first-order chi connectivity index (χ1) is 11.2. The van der Waals surface area contributed by atoms with Crippen molar-refractivity contribution in [2.75, 3.05) is 5.32 Å². The fourth-order valence-corrected chi connectivity index (χ4v) is 3.31. The van der Waals surface area contributed by atoms with Gasteiger partial charge in [0.15, 0.2) is 0 Å². The first kappa shape index (κ1) is 14.3. The van der Waals surface area contributed by atoms with Crippen LogP contribution in [0.3, 0.4) is 0 Å². The molecule has 2 atom stereocenters. The first-order valence-corrected chi connectivity index (χ1v) is 8.06.